The summed E-state index contributed by atoms with van der Waals surface area (Å²) in [5.74, 6) is -1.25. The molecule has 3 nitrogen and oxygen atoms in total. The lowest BCUT2D eigenvalue weighted by molar-refractivity contribution is 0.0693. The van der Waals surface area contributed by atoms with Crippen molar-refractivity contribution in [3.05, 3.63) is 29.3 Å². The van der Waals surface area contributed by atoms with E-state index < -0.39 is 5.97 Å². The van der Waals surface area contributed by atoms with Gasteiger partial charge in [-0.1, -0.05) is 44.0 Å². The van der Waals surface area contributed by atoms with Gasteiger partial charge in [-0.2, -0.15) is 0 Å². The van der Waals surface area contributed by atoms with Crippen LogP contribution in [0.5, 0.6) is 5.75 Å². The van der Waals surface area contributed by atoms with Gasteiger partial charge < -0.3 is 10.2 Å². The van der Waals surface area contributed by atoms with Crippen LogP contribution < -0.4 is 0 Å². The number of para-hydroxylation sites is 1. The molecular weight excluding hydrogens is 328 g/mol. The number of hydrogen-bond acceptors (Lipinski definition) is 2. The molecule has 0 aliphatic heterocycles. The van der Waals surface area contributed by atoms with Gasteiger partial charge in [0.15, 0.2) is 0 Å². The third-order valence-electron chi connectivity index (χ3n) is 1.96. The van der Waals surface area contributed by atoms with E-state index in [2.05, 4.69) is 31.9 Å². The highest BCUT2D eigenvalue weighted by atomic mass is 79.9. The van der Waals surface area contributed by atoms with Crippen LogP contribution in [0.3, 0.4) is 0 Å². The molecule has 0 aliphatic rings. The molecule has 0 fully saturated rings. The highest BCUT2D eigenvalue weighted by Crippen LogP contribution is 2.25. The minimum Gasteiger partial charge on any atom is -0.507 e. The van der Waals surface area contributed by atoms with E-state index in [4.69, 9.17) is 5.11 Å². The number of carbonyl (C=O) groups is 1. The molecule has 0 bridgehead atoms. The standard InChI is InChI=1S/C10H10Br2O3/c11-5-7(12)4-6-2-1-3-8(9(6)13)10(14)15/h1-3,7,13H,4-5H2,(H,14,15). The Morgan fingerprint density at radius 2 is 2.13 bits per heavy atom. The number of benzene rings is 1. The SMILES string of the molecule is O=C(O)c1cccc(CC(Br)CBr)c1O. The van der Waals surface area contributed by atoms with Crippen LogP contribution in [-0.2, 0) is 6.42 Å². The maximum absolute atomic E-state index is 10.7. The molecule has 0 spiro atoms. The largest absolute Gasteiger partial charge is 0.507 e. The number of rotatable bonds is 4. The zero-order valence-electron chi connectivity index (χ0n) is 7.78. The number of carboxylic acid groups (broad SMARTS) is 1. The summed E-state index contributed by atoms with van der Waals surface area (Å²) in [5.41, 5.74) is 0.581. The number of aromatic carboxylic acids is 1. The second kappa shape index (κ2) is 5.51. The maximum Gasteiger partial charge on any atom is 0.339 e. The normalized spacial score (nSPS) is 12.4. The van der Waals surface area contributed by atoms with Gasteiger partial charge in [-0.25, -0.2) is 4.79 Å². The molecule has 2 N–H and O–H groups in total. The Hall–Kier alpha value is -0.550. The van der Waals surface area contributed by atoms with Crippen molar-refractivity contribution in [2.75, 3.05) is 5.33 Å². The molecular formula is C10H10Br2O3. The second-order valence-electron chi connectivity index (χ2n) is 3.07. The summed E-state index contributed by atoms with van der Waals surface area (Å²) in [5, 5.41) is 19.2. The third-order valence-corrected chi connectivity index (χ3v) is 4.26. The smallest absolute Gasteiger partial charge is 0.339 e. The molecule has 82 valence electrons. The lowest BCUT2D eigenvalue weighted by Gasteiger charge is -2.09. The average Bonchev–Trinajstić information content (AvgIpc) is 2.20. The highest BCUT2D eigenvalue weighted by Gasteiger charge is 2.14. The quantitative estimate of drug-likeness (QED) is 0.830. The lowest BCUT2D eigenvalue weighted by atomic mass is 10.1. The summed E-state index contributed by atoms with van der Waals surface area (Å²) < 4.78 is 0. The summed E-state index contributed by atoms with van der Waals surface area (Å²) in [6.45, 7) is 0. The van der Waals surface area contributed by atoms with Crippen LogP contribution in [0.2, 0.25) is 0 Å². The molecule has 0 saturated heterocycles. The van der Waals surface area contributed by atoms with E-state index in [-0.39, 0.29) is 16.1 Å². The zero-order chi connectivity index (χ0) is 11.4. The van der Waals surface area contributed by atoms with Gasteiger partial charge in [0.05, 0.1) is 0 Å². The summed E-state index contributed by atoms with van der Waals surface area (Å²) in [4.78, 5) is 10.9. The number of alkyl halides is 2. The van der Waals surface area contributed by atoms with Gasteiger partial charge in [0, 0.05) is 10.2 Å². The van der Waals surface area contributed by atoms with Crippen molar-refractivity contribution >= 4 is 37.8 Å². The molecule has 5 heteroatoms. The minimum absolute atomic E-state index is 0.0539. The molecule has 1 rings (SSSR count). The Balaban J connectivity index is 2.99. The molecule has 1 unspecified atom stereocenters. The maximum atomic E-state index is 10.7. The Bertz CT molecular complexity index is 366. The van der Waals surface area contributed by atoms with E-state index in [0.29, 0.717) is 12.0 Å². The van der Waals surface area contributed by atoms with E-state index in [1.165, 1.54) is 6.07 Å². The fourth-order valence-electron chi connectivity index (χ4n) is 1.22. The first kappa shape index (κ1) is 12.5. The Morgan fingerprint density at radius 1 is 1.47 bits per heavy atom. The van der Waals surface area contributed by atoms with Gasteiger partial charge in [0.25, 0.3) is 0 Å². The summed E-state index contributed by atoms with van der Waals surface area (Å²) in [6.07, 6.45) is 0.582. The Kier molecular flexibility index (Phi) is 4.60. The van der Waals surface area contributed by atoms with E-state index in [1.54, 1.807) is 12.1 Å². The van der Waals surface area contributed by atoms with Crippen molar-refractivity contribution in [3.63, 3.8) is 0 Å². The molecule has 0 heterocycles. The van der Waals surface area contributed by atoms with Crippen LogP contribution >= 0.6 is 31.9 Å². The van der Waals surface area contributed by atoms with E-state index in [0.717, 1.165) is 5.33 Å². The molecule has 0 amide bonds. The predicted molar refractivity (Wildman–Crippen MR) is 65.3 cm³/mol. The van der Waals surface area contributed by atoms with Gasteiger partial charge in [-0.15, -0.1) is 0 Å². The number of halogens is 2. The number of aromatic hydroxyl groups is 1. The van der Waals surface area contributed by atoms with Gasteiger partial charge in [0.1, 0.15) is 11.3 Å². The van der Waals surface area contributed by atoms with Crippen molar-refractivity contribution in [1.82, 2.24) is 0 Å². The first-order valence-corrected chi connectivity index (χ1v) is 6.34. The third kappa shape index (κ3) is 3.21. The molecule has 15 heavy (non-hydrogen) atoms. The lowest BCUT2D eigenvalue weighted by Crippen LogP contribution is -2.06. The fraction of sp³-hybridized carbons (Fsp3) is 0.300. The van der Waals surface area contributed by atoms with Crippen LogP contribution in [0.25, 0.3) is 0 Å². The van der Waals surface area contributed by atoms with Crippen molar-refractivity contribution in [3.8, 4) is 5.75 Å². The van der Waals surface area contributed by atoms with Gasteiger partial charge in [-0.05, 0) is 18.1 Å². The molecule has 0 aliphatic carbocycles. The zero-order valence-corrected chi connectivity index (χ0v) is 11.0. The van der Waals surface area contributed by atoms with Crippen LogP contribution in [0, 0.1) is 0 Å². The number of hydrogen-bond donors (Lipinski definition) is 2. The predicted octanol–water partition coefficient (Wildman–Crippen LogP) is 2.79. The van der Waals surface area contributed by atoms with Crippen molar-refractivity contribution < 1.29 is 15.0 Å². The minimum atomic E-state index is -1.11. The fourth-order valence-corrected chi connectivity index (χ4v) is 1.80. The van der Waals surface area contributed by atoms with Gasteiger partial charge in [-0.3, -0.25) is 0 Å². The first-order valence-electron chi connectivity index (χ1n) is 4.30. The monoisotopic (exact) mass is 336 g/mol. The topological polar surface area (TPSA) is 57.5 Å². The molecule has 0 saturated carbocycles. The van der Waals surface area contributed by atoms with Crippen LogP contribution in [0.15, 0.2) is 18.2 Å². The summed E-state index contributed by atoms with van der Waals surface area (Å²) in [6, 6.07) is 4.74. The van der Waals surface area contributed by atoms with Crippen LogP contribution in [-0.4, -0.2) is 26.3 Å². The summed E-state index contributed by atoms with van der Waals surface area (Å²) >= 11 is 6.70. The van der Waals surface area contributed by atoms with Crippen molar-refractivity contribution in [2.45, 2.75) is 11.2 Å². The summed E-state index contributed by atoms with van der Waals surface area (Å²) in [7, 11) is 0. The van der Waals surface area contributed by atoms with E-state index in [1.807, 2.05) is 0 Å². The first-order chi connectivity index (χ1) is 7.06. The molecule has 0 aromatic heterocycles. The van der Waals surface area contributed by atoms with Crippen LogP contribution in [0.4, 0.5) is 0 Å². The van der Waals surface area contributed by atoms with E-state index in [9.17, 15) is 9.90 Å². The van der Waals surface area contributed by atoms with Crippen LogP contribution in [0.1, 0.15) is 15.9 Å². The highest BCUT2D eigenvalue weighted by molar-refractivity contribution is 9.12. The molecule has 1 aromatic rings. The Morgan fingerprint density at radius 3 is 2.67 bits per heavy atom. The second-order valence-corrected chi connectivity index (χ2v) is 5.02. The van der Waals surface area contributed by atoms with Gasteiger partial charge in [0.2, 0.25) is 0 Å². The van der Waals surface area contributed by atoms with Crippen molar-refractivity contribution in [1.29, 1.82) is 0 Å². The Labute approximate surface area is 104 Å². The number of carboxylic acids is 1. The van der Waals surface area contributed by atoms with Gasteiger partial charge >= 0.3 is 5.97 Å². The molecule has 1 atom stereocenters. The molecule has 1 aromatic carbocycles. The van der Waals surface area contributed by atoms with E-state index >= 15 is 0 Å². The number of phenols is 1. The van der Waals surface area contributed by atoms with Crippen molar-refractivity contribution in [2.24, 2.45) is 0 Å². The average molecular weight is 338 g/mol. The molecule has 0 radical (unpaired) electrons.